The van der Waals surface area contributed by atoms with E-state index in [-0.39, 0.29) is 18.0 Å². The number of carbonyl (C=O) groups excluding carboxylic acids is 1. The first-order chi connectivity index (χ1) is 10.1. The van der Waals surface area contributed by atoms with Crippen molar-refractivity contribution >= 4 is 5.91 Å². The maximum absolute atomic E-state index is 12.6. The number of hydrogen-bond donors (Lipinski definition) is 2. The van der Waals surface area contributed by atoms with E-state index in [0.29, 0.717) is 19.1 Å². The second-order valence-corrected chi connectivity index (χ2v) is 5.85. The van der Waals surface area contributed by atoms with Gasteiger partial charge < -0.3 is 15.4 Å². The first-order valence-electron chi connectivity index (χ1n) is 7.82. The minimum Gasteiger partial charge on any atom is -0.380 e. The molecule has 0 spiro atoms. The molecule has 2 N–H and O–H groups in total. The summed E-state index contributed by atoms with van der Waals surface area (Å²) in [6.45, 7) is 8.25. The molecule has 0 saturated heterocycles. The summed E-state index contributed by atoms with van der Waals surface area (Å²) in [5.41, 5.74) is 2.36. The predicted octanol–water partition coefficient (Wildman–Crippen LogP) is 2.05. The SMILES string of the molecule is CCOCC(NC(=O)C1NCCc2ccccc21)C(C)C. The second-order valence-electron chi connectivity index (χ2n) is 5.85. The van der Waals surface area contributed by atoms with E-state index in [2.05, 4.69) is 30.5 Å². The van der Waals surface area contributed by atoms with Gasteiger partial charge in [-0.25, -0.2) is 0 Å². The Morgan fingerprint density at radius 3 is 2.90 bits per heavy atom. The van der Waals surface area contributed by atoms with Crippen molar-refractivity contribution in [1.82, 2.24) is 10.6 Å². The summed E-state index contributed by atoms with van der Waals surface area (Å²) in [6, 6.07) is 7.97. The maximum Gasteiger partial charge on any atom is 0.242 e. The van der Waals surface area contributed by atoms with E-state index in [0.717, 1.165) is 18.5 Å². The Bertz CT molecular complexity index is 474. The van der Waals surface area contributed by atoms with Gasteiger partial charge in [-0.1, -0.05) is 38.1 Å². The monoisotopic (exact) mass is 290 g/mol. The van der Waals surface area contributed by atoms with Crippen LogP contribution in [0.2, 0.25) is 0 Å². The van der Waals surface area contributed by atoms with E-state index >= 15 is 0 Å². The molecule has 1 heterocycles. The lowest BCUT2D eigenvalue weighted by Gasteiger charge is -2.29. The van der Waals surface area contributed by atoms with Gasteiger partial charge in [0.25, 0.3) is 0 Å². The number of benzene rings is 1. The van der Waals surface area contributed by atoms with Crippen LogP contribution in [-0.2, 0) is 16.0 Å². The molecule has 2 unspecified atom stereocenters. The molecule has 1 aliphatic heterocycles. The molecular weight excluding hydrogens is 264 g/mol. The molecule has 0 aromatic heterocycles. The van der Waals surface area contributed by atoms with Crippen molar-refractivity contribution in [2.75, 3.05) is 19.8 Å². The van der Waals surface area contributed by atoms with Crippen LogP contribution in [0.25, 0.3) is 0 Å². The first kappa shape index (κ1) is 16.0. The minimum atomic E-state index is -0.252. The van der Waals surface area contributed by atoms with Gasteiger partial charge in [-0.05, 0) is 30.4 Å². The molecule has 0 fully saturated rings. The van der Waals surface area contributed by atoms with E-state index in [1.807, 2.05) is 25.1 Å². The van der Waals surface area contributed by atoms with Crippen LogP contribution in [0.15, 0.2) is 24.3 Å². The lowest BCUT2D eigenvalue weighted by molar-refractivity contribution is -0.125. The van der Waals surface area contributed by atoms with Gasteiger partial charge in [0.2, 0.25) is 5.91 Å². The maximum atomic E-state index is 12.6. The van der Waals surface area contributed by atoms with Gasteiger partial charge in [0, 0.05) is 13.2 Å². The van der Waals surface area contributed by atoms with Crippen LogP contribution < -0.4 is 10.6 Å². The number of rotatable bonds is 6. The molecule has 1 aliphatic rings. The van der Waals surface area contributed by atoms with Crippen molar-refractivity contribution in [2.24, 2.45) is 5.92 Å². The third-order valence-corrected chi connectivity index (χ3v) is 4.01. The molecule has 4 nitrogen and oxygen atoms in total. The van der Waals surface area contributed by atoms with Crippen LogP contribution in [0.3, 0.4) is 0 Å². The molecule has 0 radical (unpaired) electrons. The van der Waals surface area contributed by atoms with Crippen LogP contribution >= 0.6 is 0 Å². The van der Waals surface area contributed by atoms with E-state index in [9.17, 15) is 4.79 Å². The highest BCUT2D eigenvalue weighted by Gasteiger charge is 2.28. The van der Waals surface area contributed by atoms with Gasteiger partial charge in [-0.3, -0.25) is 4.79 Å². The quantitative estimate of drug-likeness (QED) is 0.843. The van der Waals surface area contributed by atoms with Crippen LogP contribution in [-0.4, -0.2) is 31.7 Å². The average molecular weight is 290 g/mol. The van der Waals surface area contributed by atoms with E-state index < -0.39 is 0 Å². The number of nitrogens with one attached hydrogen (secondary N) is 2. The summed E-state index contributed by atoms with van der Waals surface area (Å²) in [5.74, 6) is 0.389. The molecule has 2 rings (SSSR count). The molecule has 21 heavy (non-hydrogen) atoms. The highest BCUT2D eigenvalue weighted by Crippen LogP contribution is 2.23. The number of fused-ring (bicyclic) bond motifs is 1. The summed E-state index contributed by atoms with van der Waals surface area (Å²) in [6.07, 6.45) is 0.979. The van der Waals surface area contributed by atoms with E-state index in [1.54, 1.807) is 0 Å². The fourth-order valence-corrected chi connectivity index (χ4v) is 2.65. The summed E-state index contributed by atoms with van der Waals surface area (Å²) in [7, 11) is 0. The summed E-state index contributed by atoms with van der Waals surface area (Å²) in [5, 5.41) is 6.46. The summed E-state index contributed by atoms with van der Waals surface area (Å²) in [4.78, 5) is 12.6. The van der Waals surface area contributed by atoms with Crippen molar-refractivity contribution in [3.8, 4) is 0 Å². The Hall–Kier alpha value is -1.39. The fourth-order valence-electron chi connectivity index (χ4n) is 2.65. The standard InChI is InChI=1S/C17H26N2O2/c1-4-21-11-15(12(2)3)19-17(20)16-14-8-6-5-7-13(14)9-10-18-16/h5-8,12,15-16,18H,4,9-11H2,1-3H3,(H,19,20). The lowest BCUT2D eigenvalue weighted by Crippen LogP contribution is -2.48. The topological polar surface area (TPSA) is 50.4 Å². The van der Waals surface area contributed by atoms with Gasteiger partial charge in [-0.2, -0.15) is 0 Å². The molecular formula is C17H26N2O2. The van der Waals surface area contributed by atoms with Crippen molar-refractivity contribution in [2.45, 2.75) is 39.3 Å². The van der Waals surface area contributed by atoms with Crippen molar-refractivity contribution in [1.29, 1.82) is 0 Å². The first-order valence-corrected chi connectivity index (χ1v) is 7.82. The van der Waals surface area contributed by atoms with Gasteiger partial charge >= 0.3 is 0 Å². The second kappa shape index (κ2) is 7.57. The van der Waals surface area contributed by atoms with Crippen LogP contribution in [0, 0.1) is 5.92 Å². The predicted molar refractivity (Wildman–Crippen MR) is 84.2 cm³/mol. The summed E-state index contributed by atoms with van der Waals surface area (Å²) >= 11 is 0. The number of carbonyl (C=O) groups is 1. The molecule has 4 heteroatoms. The third kappa shape index (κ3) is 4.05. The van der Waals surface area contributed by atoms with Crippen molar-refractivity contribution in [3.63, 3.8) is 0 Å². The van der Waals surface area contributed by atoms with Crippen molar-refractivity contribution in [3.05, 3.63) is 35.4 Å². The lowest BCUT2D eigenvalue weighted by atomic mass is 9.93. The zero-order valence-electron chi connectivity index (χ0n) is 13.2. The molecule has 116 valence electrons. The molecule has 0 bridgehead atoms. The minimum absolute atomic E-state index is 0.0422. The van der Waals surface area contributed by atoms with Gasteiger partial charge in [-0.15, -0.1) is 0 Å². The highest BCUT2D eigenvalue weighted by molar-refractivity contribution is 5.84. The van der Waals surface area contributed by atoms with Crippen LogP contribution in [0.4, 0.5) is 0 Å². The van der Waals surface area contributed by atoms with Gasteiger partial charge in [0.1, 0.15) is 6.04 Å². The normalized spacial score (nSPS) is 19.1. The smallest absolute Gasteiger partial charge is 0.242 e. The molecule has 2 atom stereocenters. The van der Waals surface area contributed by atoms with Gasteiger partial charge in [0.05, 0.1) is 12.6 Å². The molecule has 0 saturated carbocycles. The Morgan fingerprint density at radius 2 is 2.19 bits per heavy atom. The highest BCUT2D eigenvalue weighted by atomic mass is 16.5. The number of ether oxygens (including phenoxy) is 1. The number of hydrogen-bond acceptors (Lipinski definition) is 3. The van der Waals surface area contributed by atoms with Crippen LogP contribution in [0.1, 0.15) is 37.9 Å². The Balaban J connectivity index is 2.06. The fraction of sp³-hybridized carbons (Fsp3) is 0.588. The van der Waals surface area contributed by atoms with Crippen LogP contribution in [0.5, 0.6) is 0 Å². The molecule has 1 aromatic rings. The number of amides is 1. The van der Waals surface area contributed by atoms with Crippen molar-refractivity contribution < 1.29 is 9.53 Å². The third-order valence-electron chi connectivity index (χ3n) is 4.01. The largest absolute Gasteiger partial charge is 0.380 e. The zero-order valence-corrected chi connectivity index (χ0v) is 13.2. The Labute approximate surface area is 127 Å². The van der Waals surface area contributed by atoms with E-state index in [4.69, 9.17) is 4.74 Å². The zero-order chi connectivity index (χ0) is 15.2. The molecule has 0 aliphatic carbocycles. The summed E-state index contributed by atoms with van der Waals surface area (Å²) < 4.78 is 5.48. The van der Waals surface area contributed by atoms with Gasteiger partial charge in [0.15, 0.2) is 0 Å². The van der Waals surface area contributed by atoms with E-state index in [1.165, 1.54) is 5.56 Å². The average Bonchev–Trinajstić information content (AvgIpc) is 2.50. The molecule has 1 amide bonds. The Morgan fingerprint density at radius 1 is 1.43 bits per heavy atom. The Kier molecular flexibility index (Phi) is 5.76. The molecule has 1 aromatic carbocycles.